The molecule has 0 aliphatic carbocycles. The topological polar surface area (TPSA) is 106 Å². The second-order valence-corrected chi connectivity index (χ2v) is 4.32. The highest BCUT2D eigenvalue weighted by atomic mass is 16.7. The molecule has 20 heavy (non-hydrogen) atoms. The number of likely N-dealkylation sites (tertiary alicyclic amines) is 1. The van der Waals surface area contributed by atoms with E-state index in [1.807, 2.05) is 0 Å². The second-order valence-electron chi connectivity index (χ2n) is 4.32. The first kappa shape index (κ1) is 14.0. The number of hydroxylamine groups is 2. The number of rotatable bonds is 4. The van der Waals surface area contributed by atoms with Crippen LogP contribution in [0.3, 0.4) is 0 Å². The first-order chi connectivity index (χ1) is 9.43. The van der Waals surface area contributed by atoms with E-state index in [1.165, 1.54) is 25.1 Å². The predicted molar refractivity (Wildman–Crippen MR) is 64.5 cm³/mol. The maximum atomic E-state index is 11.9. The average Bonchev–Trinajstić information content (AvgIpc) is 2.85. The zero-order valence-corrected chi connectivity index (χ0v) is 10.9. The number of amides is 2. The Kier molecular flexibility index (Phi) is 3.70. The highest BCUT2D eigenvalue weighted by Gasteiger charge is 2.38. The molecule has 0 atom stereocenters. The highest BCUT2D eigenvalue weighted by molar-refractivity contribution is 5.93. The Hall–Kier alpha value is -2.42. The lowest BCUT2D eigenvalue weighted by atomic mass is 9.99. The molecule has 1 aliphatic rings. The van der Waals surface area contributed by atoms with Crippen LogP contribution in [0.2, 0.25) is 0 Å². The molecule has 108 valence electrons. The van der Waals surface area contributed by atoms with Gasteiger partial charge in [-0.15, -0.1) is 0 Å². The van der Waals surface area contributed by atoms with E-state index >= 15 is 0 Å². The molecule has 9 heteroatoms. The van der Waals surface area contributed by atoms with Gasteiger partial charge in [-0.1, -0.05) is 0 Å². The molecule has 1 aromatic rings. The van der Waals surface area contributed by atoms with Crippen molar-refractivity contribution in [2.24, 2.45) is 5.92 Å². The Balaban J connectivity index is 1.93. The first-order valence-corrected chi connectivity index (χ1v) is 5.79. The van der Waals surface area contributed by atoms with Crippen molar-refractivity contribution in [3.8, 4) is 0 Å². The normalized spacial score (nSPS) is 14.8. The van der Waals surface area contributed by atoms with Crippen LogP contribution in [0.5, 0.6) is 0 Å². The summed E-state index contributed by atoms with van der Waals surface area (Å²) in [5, 5.41) is 11.6. The van der Waals surface area contributed by atoms with Gasteiger partial charge in [0.15, 0.2) is 5.76 Å². The molecule has 1 aliphatic heterocycles. The van der Waals surface area contributed by atoms with E-state index in [-0.39, 0.29) is 30.7 Å². The van der Waals surface area contributed by atoms with Crippen LogP contribution in [0.4, 0.5) is 5.88 Å². The van der Waals surface area contributed by atoms with Gasteiger partial charge >= 0.3 is 5.88 Å². The fourth-order valence-corrected chi connectivity index (χ4v) is 1.84. The molecule has 0 radical (unpaired) electrons. The van der Waals surface area contributed by atoms with E-state index in [2.05, 4.69) is 0 Å². The van der Waals surface area contributed by atoms with Gasteiger partial charge in [0.25, 0.3) is 11.8 Å². The van der Waals surface area contributed by atoms with E-state index in [0.29, 0.717) is 0 Å². The molecule has 0 spiro atoms. The van der Waals surface area contributed by atoms with Crippen LogP contribution in [-0.2, 0) is 9.63 Å². The minimum Gasteiger partial charge on any atom is -0.395 e. The van der Waals surface area contributed by atoms with Crippen LogP contribution < -0.4 is 0 Å². The lowest BCUT2D eigenvalue weighted by Gasteiger charge is -2.38. The zero-order chi connectivity index (χ0) is 14.9. The largest absolute Gasteiger partial charge is 0.433 e. The average molecular weight is 283 g/mol. The van der Waals surface area contributed by atoms with Crippen LogP contribution in [0, 0.1) is 16.0 Å². The van der Waals surface area contributed by atoms with Gasteiger partial charge in [0.1, 0.15) is 4.92 Å². The van der Waals surface area contributed by atoms with Crippen LogP contribution in [0.15, 0.2) is 16.5 Å². The molecular formula is C11H13N3O6. The summed E-state index contributed by atoms with van der Waals surface area (Å²) in [5.74, 6) is -1.61. The molecule has 0 bridgehead atoms. The fourth-order valence-electron chi connectivity index (χ4n) is 1.84. The van der Waals surface area contributed by atoms with Crippen molar-refractivity contribution in [1.82, 2.24) is 9.96 Å². The summed E-state index contributed by atoms with van der Waals surface area (Å²) in [6.07, 6.45) is 0. The molecule has 2 rings (SSSR count). The summed E-state index contributed by atoms with van der Waals surface area (Å²) in [6, 6.07) is 2.37. The van der Waals surface area contributed by atoms with E-state index in [1.54, 1.807) is 0 Å². The van der Waals surface area contributed by atoms with Gasteiger partial charge in [-0.25, -0.2) is 5.06 Å². The van der Waals surface area contributed by atoms with Gasteiger partial charge in [0.05, 0.1) is 19.1 Å². The van der Waals surface area contributed by atoms with Crippen molar-refractivity contribution in [1.29, 1.82) is 0 Å². The van der Waals surface area contributed by atoms with Crippen molar-refractivity contribution in [2.75, 3.05) is 27.2 Å². The quantitative estimate of drug-likeness (QED) is 0.580. The van der Waals surface area contributed by atoms with Crippen molar-refractivity contribution >= 4 is 17.7 Å². The number of hydrogen-bond donors (Lipinski definition) is 0. The molecular weight excluding hydrogens is 270 g/mol. The molecule has 0 N–H and O–H groups in total. The van der Waals surface area contributed by atoms with Crippen LogP contribution in [0.1, 0.15) is 10.6 Å². The molecule has 1 aromatic heterocycles. The van der Waals surface area contributed by atoms with Crippen LogP contribution >= 0.6 is 0 Å². The van der Waals surface area contributed by atoms with Gasteiger partial charge in [-0.2, -0.15) is 0 Å². The fraction of sp³-hybridized carbons (Fsp3) is 0.455. The molecule has 1 fully saturated rings. The second kappa shape index (κ2) is 5.29. The minimum absolute atomic E-state index is 0.109. The third kappa shape index (κ3) is 2.48. The Morgan fingerprint density at radius 2 is 2.15 bits per heavy atom. The van der Waals surface area contributed by atoms with Gasteiger partial charge in [-0.05, 0) is 6.07 Å². The lowest BCUT2D eigenvalue weighted by Crippen LogP contribution is -2.55. The molecule has 2 amide bonds. The lowest BCUT2D eigenvalue weighted by molar-refractivity contribution is -0.402. The third-order valence-corrected chi connectivity index (χ3v) is 3.08. The van der Waals surface area contributed by atoms with Crippen molar-refractivity contribution in [3.63, 3.8) is 0 Å². The van der Waals surface area contributed by atoms with Crippen molar-refractivity contribution in [3.05, 3.63) is 28.0 Å². The van der Waals surface area contributed by atoms with Gasteiger partial charge in [0, 0.05) is 20.1 Å². The molecule has 0 unspecified atom stereocenters. The number of carbonyl (C=O) groups excluding carboxylic acids is 2. The number of carbonyl (C=O) groups is 2. The summed E-state index contributed by atoms with van der Waals surface area (Å²) < 4.78 is 4.82. The molecule has 1 saturated heterocycles. The molecule has 9 nitrogen and oxygen atoms in total. The zero-order valence-electron chi connectivity index (χ0n) is 10.9. The monoisotopic (exact) mass is 283 g/mol. The summed E-state index contributed by atoms with van der Waals surface area (Å²) in [7, 11) is 2.87. The maximum Gasteiger partial charge on any atom is 0.433 e. The maximum absolute atomic E-state index is 11.9. The summed E-state index contributed by atoms with van der Waals surface area (Å²) in [4.78, 5) is 39.5. The molecule has 0 saturated carbocycles. The van der Waals surface area contributed by atoms with E-state index in [0.717, 1.165) is 11.1 Å². The number of nitro groups is 1. The van der Waals surface area contributed by atoms with Crippen molar-refractivity contribution < 1.29 is 23.8 Å². The van der Waals surface area contributed by atoms with E-state index in [4.69, 9.17) is 9.25 Å². The standard InChI is InChI=1S/C11H13N3O6/c1-12(19-2)10(15)7-5-13(6-7)11(16)8-3-4-9(20-8)14(17)18/h3-4,7H,5-6H2,1-2H3. The molecule has 0 aromatic carbocycles. The number of hydrogen-bond acceptors (Lipinski definition) is 6. The number of furan rings is 1. The third-order valence-electron chi connectivity index (χ3n) is 3.08. The SMILES string of the molecule is CON(C)C(=O)C1CN(C(=O)c2ccc([N+](=O)[O-])o2)C1. The van der Waals surface area contributed by atoms with E-state index < -0.39 is 16.7 Å². The van der Waals surface area contributed by atoms with Gasteiger partial charge in [0.2, 0.25) is 0 Å². The highest BCUT2D eigenvalue weighted by Crippen LogP contribution is 2.23. The Labute approximate surface area is 113 Å². The Morgan fingerprint density at radius 3 is 2.65 bits per heavy atom. The smallest absolute Gasteiger partial charge is 0.395 e. The first-order valence-electron chi connectivity index (χ1n) is 5.79. The Morgan fingerprint density at radius 1 is 1.50 bits per heavy atom. The van der Waals surface area contributed by atoms with Crippen molar-refractivity contribution in [2.45, 2.75) is 0 Å². The minimum atomic E-state index is -0.716. The van der Waals surface area contributed by atoms with Crippen LogP contribution in [0.25, 0.3) is 0 Å². The van der Waals surface area contributed by atoms with E-state index in [9.17, 15) is 19.7 Å². The summed E-state index contributed by atoms with van der Waals surface area (Å²) in [6.45, 7) is 0.472. The van der Waals surface area contributed by atoms with Crippen LogP contribution in [-0.4, -0.2) is 53.9 Å². The number of nitrogens with zero attached hydrogens (tertiary/aromatic N) is 3. The van der Waals surface area contributed by atoms with Gasteiger partial charge in [-0.3, -0.25) is 24.5 Å². The Bertz CT molecular complexity index is 548. The summed E-state index contributed by atoms with van der Waals surface area (Å²) in [5.41, 5.74) is 0. The van der Waals surface area contributed by atoms with Gasteiger partial charge < -0.3 is 9.32 Å². The summed E-state index contributed by atoms with van der Waals surface area (Å²) >= 11 is 0. The predicted octanol–water partition coefficient (Wildman–Crippen LogP) is 0.280. The molecule has 2 heterocycles.